The van der Waals surface area contributed by atoms with Crippen LogP contribution in [0.1, 0.15) is 32.6 Å². The molecule has 0 radical (unpaired) electrons. The van der Waals surface area contributed by atoms with Crippen LogP contribution in [0.25, 0.3) is 0 Å². The zero-order chi connectivity index (χ0) is 11.1. The molecule has 1 saturated carbocycles. The SMILES string of the molecule is CCCCN(CC(=O)NCCO)C1CC1. The van der Waals surface area contributed by atoms with Gasteiger partial charge in [0.15, 0.2) is 0 Å². The van der Waals surface area contributed by atoms with Gasteiger partial charge in [-0.2, -0.15) is 0 Å². The molecular formula is C11H22N2O2. The molecule has 88 valence electrons. The van der Waals surface area contributed by atoms with E-state index in [0.29, 0.717) is 19.1 Å². The minimum atomic E-state index is 0.0180. The average Bonchev–Trinajstić information content (AvgIpc) is 3.04. The van der Waals surface area contributed by atoms with E-state index >= 15 is 0 Å². The number of hydrogen-bond acceptors (Lipinski definition) is 3. The van der Waals surface area contributed by atoms with E-state index in [1.165, 1.54) is 19.3 Å². The number of carbonyl (C=O) groups excluding carboxylic acids is 1. The molecular weight excluding hydrogens is 192 g/mol. The number of amides is 1. The summed E-state index contributed by atoms with van der Waals surface area (Å²) in [6, 6.07) is 0.636. The molecule has 4 heteroatoms. The highest BCUT2D eigenvalue weighted by molar-refractivity contribution is 5.78. The second kappa shape index (κ2) is 6.80. The van der Waals surface area contributed by atoms with Crippen LogP contribution in [0.15, 0.2) is 0 Å². The van der Waals surface area contributed by atoms with Crippen molar-refractivity contribution in [3.63, 3.8) is 0 Å². The van der Waals surface area contributed by atoms with E-state index < -0.39 is 0 Å². The van der Waals surface area contributed by atoms with Gasteiger partial charge in [0.05, 0.1) is 13.2 Å². The maximum absolute atomic E-state index is 11.4. The van der Waals surface area contributed by atoms with Crippen LogP contribution in [0.2, 0.25) is 0 Å². The molecule has 0 heterocycles. The van der Waals surface area contributed by atoms with Crippen molar-refractivity contribution in [3.8, 4) is 0 Å². The van der Waals surface area contributed by atoms with Gasteiger partial charge < -0.3 is 10.4 Å². The number of hydrogen-bond donors (Lipinski definition) is 2. The number of carbonyl (C=O) groups is 1. The molecule has 0 aliphatic heterocycles. The number of nitrogens with zero attached hydrogens (tertiary/aromatic N) is 1. The molecule has 0 aromatic heterocycles. The fourth-order valence-electron chi connectivity index (χ4n) is 1.63. The Labute approximate surface area is 91.6 Å². The molecule has 1 fully saturated rings. The molecule has 1 amide bonds. The maximum atomic E-state index is 11.4. The Morgan fingerprint density at radius 3 is 2.80 bits per heavy atom. The number of nitrogens with one attached hydrogen (secondary N) is 1. The van der Waals surface area contributed by atoms with Crippen molar-refractivity contribution >= 4 is 5.91 Å². The molecule has 0 atom stereocenters. The summed E-state index contributed by atoms with van der Waals surface area (Å²) in [4.78, 5) is 13.7. The topological polar surface area (TPSA) is 52.6 Å². The standard InChI is InChI=1S/C11H22N2O2/c1-2-3-7-13(10-4-5-10)9-11(15)12-6-8-14/h10,14H,2-9H2,1H3,(H,12,15). The molecule has 2 N–H and O–H groups in total. The number of rotatable bonds is 8. The second-order valence-electron chi connectivity index (χ2n) is 4.13. The highest BCUT2D eigenvalue weighted by atomic mass is 16.3. The highest BCUT2D eigenvalue weighted by Crippen LogP contribution is 2.26. The third-order valence-corrected chi connectivity index (χ3v) is 2.64. The van der Waals surface area contributed by atoms with E-state index in [0.717, 1.165) is 13.0 Å². The molecule has 0 aromatic rings. The molecule has 1 aliphatic carbocycles. The minimum absolute atomic E-state index is 0.0180. The molecule has 0 spiro atoms. The quantitative estimate of drug-likeness (QED) is 0.613. The molecule has 1 rings (SSSR count). The van der Waals surface area contributed by atoms with Crippen LogP contribution in [0.5, 0.6) is 0 Å². The normalized spacial score (nSPS) is 15.7. The Kier molecular flexibility index (Phi) is 5.65. The lowest BCUT2D eigenvalue weighted by Gasteiger charge is -2.20. The third-order valence-electron chi connectivity index (χ3n) is 2.64. The first-order valence-corrected chi connectivity index (χ1v) is 5.89. The summed E-state index contributed by atoms with van der Waals surface area (Å²) >= 11 is 0. The van der Waals surface area contributed by atoms with Gasteiger partial charge in [0.2, 0.25) is 5.91 Å². The first-order valence-electron chi connectivity index (χ1n) is 5.89. The zero-order valence-electron chi connectivity index (χ0n) is 9.54. The Hall–Kier alpha value is -0.610. The van der Waals surface area contributed by atoms with E-state index in [-0.39, 0.29) is 12.5 Å². The van der Waals surface area contributed by atoms with Crippen molar-refractivity contribution in [2.75, 3.05) is 26.2 Å². The largest absolute Gasteiger partial charge is 0.395 e. The van der Waals surface area contributed by atoms with E-state index in [1.54, 1.807) is 0 Å². The molecule has 0 aromatic carbocycles. The van der Waals surface area contributed by atoms with Gasteiger partial charge in [-0.1, -0.05) is 13.3 Å². The summed E-state index contributed by atoms with van der Waals surface area (Å²) in [5.74, 6) is 0.0343. The van der Waals surface area contributed by atoms with Crippen LogP contribution < -0.4 is 5.32 Å². The van der Waals surface area contributed by atoms with Crippen molar-refractivity contribution in [1.82, 2.24) is 10.2 Å². The van der Waals surface area contributed by atoms with Crippen molar-refractivity contribution in [2.24, 2.45) is 0 Å². The van der Waals surface area contributed by atoms with E-state index in [9.17, 15) is 4.79 Å². The first kappa shape index (κ1) is 12.5. The second-order valence-corrected chi connectivity index (χ2v) is 4.13. The van der Waals surface area contributed by atoms with Crippen LogP contribution in [0, 0.1) is 0 Å². The smallest absolute Gasteiger partial charge is 0.234 e. The average molecular weight is 214 g/mol. The summed E-state index contributed by atoms with van der Waals surface area (Å²) in [6.07, 6.45) is 4.79. The van der Waals surface area contributed by atoms with Gasteiger partial charge >= 0.3 is 0 Å². The number of aliphatic hydroxyl groups is 1. The summed E-state index contributed by atoms with van der Waals surface area (Å²) in [5.41, 5.74) is 0. The van der Waals surface area contributed by atoms with Gasteiger partial charge in [0, 0.05) is 12.6 Å². The zero-order valence-corrected chi connectivity index (χ0v) is 9.54. The van der Waals surface area contributed by atoms with Gasteiger partial charge in [-0.3, -0.25) is 9.69 Å². The van der Waals surface area contributed by atoms with Crippen LogP contribution >= 0.6 is 0 Å². The van der Waals surface area contributed by atoms with E-state index in [2.05, 4.69) is 17.1 Å². The lowest BCUT2D eigenvalue weighted by Crippen LogP contribution is -2.39. The Morgan fingerprint density at radius 1 is 1.53 bits per heavy atom. The first-order chi connectivity index (χ1) is 7.27. The fraction of sp³-hybridized carbons (Fsp3) is 0.909. The monoisotopic (exact) mass is 214 g/mol. The molecule has 15 heavy (non-hydrogen) atoms. The maximum Gasteiger partial charge on any atom is 0.234 e. The van der Waals surface area contributed by atoms with Crippen LogP contribution in [0.4, 0.5) is 0 Å². The van der Waals surface area contributed by atoms with Crippen molar-refractivity contribution in [3.05, 3.63) is 0 Å². The van der Waals surface area contributed by atoms with Gasteiger partial charge in [-0.15, -0.1) is 0 Å². The number of unbranched alkanes of at least 4 members (excludes halogenated alkanes) is 1. The van der Waals surface area contributed by atoms with Gasteiger partial charge in [-0.25, -0.2) is 0 Å². The molecule has 0 unspecified atom stereocenters. The molecule has 0 bridgehead atoms. The Balaban J connectivity index is 2.20. The fourth-order valence-corrected chi connectivity index (χ4v) is 1.63. The van der Waals surface area contributed by atoms with Crippen LogP contribution in [-0.4, -0.2) is 48.2 Å². The molecule has 4 nitrogen and oxygen atoms in total. The Bertz CT molecular complexity index is 193. The van der Waals surface area contributed by atoms with Gasteiger partial charge in [0.1, 0.15) is 0 Å². The predicted molar refractivity (Wildman–Crippen MR) is 59.6 cm³/mol. The summed E-state index contributed by atoms with van der Waals surface area (Å²) in [5, 5.41) is 11.3. The molecule has 0 saturated heterocycles. The van der Waals surface area contributed by atoms with Crippen LogP contribution in [-0.2, 0) is 4.79 Å². The van der Waals surface area contributed by atoms with Gasteiger partial charge in [-0.05, 0) is 25.8 Å². The molecule has 1 aliphatic rings. The lowest BCUT2D eigenvalue weighted by atomic mass is 10.3. The summed E-state index contributed by atoms with van der Waals surface area (Å²) in [6.45, 7) is 4.06. The highest BCUT2D eigenvalue weighted by Gasteiger charge is 2.29. The summed E-state index contributed by atoms with van der Waals surface area (Å²) in [7, 11) is 0. The van der Waals surface area contributed by atoms with E-state index in [1.807, 2.05) is 0 Å². The van der Waals surface area contributed by atoms with E-state index in [4.69, 9.17) is 5.11 Å². The van der Waals surface area contributed by atoms with Gasteiger partial charge in [0.25, 0.3) is 0 Å². The minimum Gasteiger partial charge on any atom is -0.395 e. The predicted octanol–water partition coefficient (Wildman–Crippen LogP) is 0.359. The third kappa shape index (κ3) is 5.14. The van der Waals surface area contributed by atoms with Crippen molar-refractivity contribution < 1.29 is 9.90 Å². The van der Waals surface area contributed by atoms with Crippen LogP contribution in [0.3, 0.4) is 0 Å². The van der Waals surface area contributed by atoms with Crippen molar-refractivity contribution in [1.29, 1.82) is 0 Å². The van der Waals surface area contributed by atoms with Crippen molar-refractivity contribution in [2.45, 2.75) is 38.6 Å². The number of aliphatic hydroxyl groups excluding tert-OH is 1. The lowest BCUT2D eigenvalue weighted by molar-refractivity contribution is -0.122. The Morgan fingerprint density at radius 2 is 2.27 bits per heavy atom. The summed E-state index contributed by atoms with van der Waals surface area (Å²) < 4.78 is 0.